The molecule has 0 radical (unpaired) electrons. The molecule has 0 fully saturated rings. The summed E-state index contributed by atoms with van der Waals surface area (Å²) in [4.78, 5) is 8.00. The summed E-state index contributed by atoms with van der Waals surface area (Å²) in [5, 5.41) is 1.01. The molecule has 0 aliphatic carbocycles. The van der Waals surface area contributed by atoms with Crippen molar-refractivity contribution in [2.45, 2.75) is 6.61 Å². The van der Waals surface area contributed by atoms with Gasteiger partial charge < -0.3 is 4.74 Å². The Morgan fingerprint density at radius 2 is 2.00 bits per heavy atom. The maximum absolute atomic E-state index is 5.83. The number of halogens is 3. The van der Waals surface area contributed by atoms with Crippen molar-refractivity contribution in [3.05, 3.63) is 50.9 Å². The molecule has 0 bridgehead atoms. The Balaban J connectivity index is 2.04. The van der Waals surface area contributed by atoms with Gasteiger partial charge in [-0.15, -0.1) is 0 Å². The number of ether oxygens (including phenoxy) is 1. The molecular weight excluding hydrogens is 327 g/mol. The van der Waals surface area contributed by atoms with E-state index < -0.39 is 0 Å². The van der Waals surface area contributed by atoms with Crippen LogP contribution < -0.4 is 4.74 Å². The zero-order valence-corrected chi connectivity index (χ0v) is 11.6. The number of rotatable bonds is 3. The fraction of sp³-hybridized carbons (Fsp3) is 0.0909. The summed E-state index contributed by atoms with van der Waals surface area (Å²) in [6.07, 6.45) is 3.06. The molecule has 88 valence electrons. The van der Waals surface area contributed by atoms with E-state index in [9.17, 15) is 0 Å². The van der Waals surface area contributed by atoms with Gasteiger partial charge in [-0.25, -0.2) is 4.98 Å². The van der Waals surface area contributed by atoms with Gasteiger partial charge in [-0.1, -0.05) is 23.2 Å². The van der Waals surface area contributed by atoms with Gasteiger partial charge in [0.2, 0.25) is 0 Å². The Morgan fingerprint density at radius 3 is 2.65 bits per heavy atom. The van der Waals surface area contributed by atoms with Crippen molar-refractivity contribution in [3.63, 3.8) is 0 Å². The monoisotopic (exact) mass is 332 g/mol. The van der Waals surface area contributed by atoms with Gasteiger partial charge in [0, 0.05) is 5.02 Å². The third kappa shape index (κ3) is 3.56. The predicted molar refractivity (Wildman–Crippen MR) is 70.5 cm³/mol. The van der Waals surface area contributed by atoms with Crippen LogP contribution in [0.3, 0.4) is 0 Å². The highest BCUT2D eigenvalue weighted by atomic mass is 79.9. The molecule has 0 unspecified atom stereocenters. The largest absolute Gasteiger partial charge is 0.486 e. The Labute approximate surface area is 117 Å². The average Bonchev–Trinajstić information content (AvgIpc) is 2.30. The number of benzene rings is 1. The van der Waals surface area contributed by atoms with E-state index in [2.05, 4.69) is 25.9 Å². The van der Waals surface area contributed by atoms with Crippen molar-refractivity contribution in [2.75, 3.05) is 0 Å². The first kappa shape index (κ1) is 12.6. The van der Waals surface area contributed by atoms with Crippen LogP contribution in [0.2, 0.25) is 10.2 Å². The summed E-state index contributed by atoms with van der Waals surface area (Å²) in [5.74, 6) is 0.700. The van der Waals surface area contributed by atoms with Crippen molar-refractivity contribution < 1.29 is 4.74 Å². The first-order valence-electron chi connectivity index (χ1n) is 4.69. The summed E-state index contributed by atoms with van der Waals surface area (Å²) in [6.45, 7) is 0.324. The highest BCUT2D eigenvalue weighted by Gasteiger charge is 2.03. The van der Waals surface area contributed by atoms with Crippen molar-refractivity contribution in [1.29, 1.82) is 0 Å². The molecule has 0 atom stereocenters. The van der Waals surface area contributed by atoms with Gasteiger partial charge in [0.15, 0.2) is 0 Å². The quantitative estimate of drug-likeness (QED) is 0.847. The van der Waals surface area contributed by atoms with Crippen LogP contribution in [0, 0.1) is 0 Å². The molecule has 0 spiro atoms. The third-order valence-corrected chi connectivity index (χ3v) is 2.99. The number of hydrogen-bond acceptors (Lipinski definition) is 3. The zero-order chi connectivity index (χ0) is 12.3. The van der Waals surface area contributed by atoms with E-state index in [1.807, 2.05) is 0 Å². The van der Waals surface area contributed by atoms with Gasteiger partial charge in [0.1, 0.15) is 17.5 Å². The van der Waals surface area contributed by atoms with Gasteiger partial charge in [0.25, 0.3) is 0 Å². The first-order chi connectivity index (χ1) is 8.15. The van der Waals surface area contributed by atoms with Crippen LogP contribution in [0.1, 0.15) is 5.69 Å². The highest BCUT2D eigenvalue weighted by molar-refractivity contribution is 9.10. The summed E-state index contributed by atoms with van der Waals surface area (Å²) >= 11 is 14.8. The second-order valence-corrected chi connectivity index (χ2v) is 4.87. The second kappa shape index (κ2) is 5.67. The fourth-order valence-corrected chi connectivity index (χ4v) is 2.05. The Kier molecular flexibility index (Phi) is 4.20. The minimum atomic E-state index is 0.324. The Morgan fingerprint density at radius 1 is 1.18 bits per heavy atom. The lowest BCUT2D eigenvalue weighted by Gasteiger charge is -2.07. The molecule has 6 heteroatoms. The van der Waals surface area contributed by atoms with Crippen molar-refractivity contribution >= 4 is 39.1 Å². The molecule has 0 amide bonds. The van der Waals surface area contributed by atoms with E-state index in [1.54, 1.807) is 24.4 Å². The molecular formula is C11H7BrCl2N2O. The molecule has 0 N–H and O–H groups in total. The number of nitrogens with zero attached hydrogens (tertiary/aromatic N) is 2. The second-order valence-electron chi connectivity index (χ2n) is 3.19. The van der Waals surface area contributed by atoms with Gasteiger partial charge in [-0.3, -0.25) is 4.98 Å². The average molecular weight is 334 g/mol. The molecule has 0 aliphatic heterocycles. The highest BCUT2D eigenvalue weighted by Crippen LogP contribution is 2.28. The van der Waals surface area contributed by atoms with E-state index in [0.717, 1.165) is 4.47 Å². The molecule has 2 rings (SSSR count). The molecule has 2 aromatic rings. The topological polar surface area (TPSA) is 35.0 Å². The predicted octanol–water partition coefficient (Wildman–Crippen LogP) is 4.12. The van der Waals surface area contributed by atoms with Crippen LogP contribution in [-0.4, -0.2) is 9.97 Å². The van der Waals surface area contributed by atoms with E-state index >= 15 is 0 Å². The van der Waals surface area contributed by atoms with Crippen LogP contribution >= 0.6 is 39.1 Å². The van der Waals surface area contributed by atoms with Gasteiger partial charge in [-0.2, -0.15) is 0 Å². The molecule has 0 saturated heterocycles. The Hall–Kier alpha value is -0.840. The molecule has 1 heterocycles. The zero-order valence-electron chi connectivity index (χ0n) is 8.53. The normalized spacial score (nSPS) is 10.3. The van der Waals surface area contributed by atoms with E-state index in [0.29, 0.717) is 28.2 Å². The smallest absolute Gasteiger partial charge is 0.147 e. The maximum atomic E-state index is 5.83. The molecule has 3 nitrogen and oxygen atoms in total. The van der Waals surface area contributed by atoms with Crippen LogP contribution in [0.5, 0.6) is 5.75 Å². The van der Waals surface area contributed by atoms with E-state index in [1.165, 1.54) is 6.20 Å². The van der Waals surface area contributed by atoms with Gasteiger partial charge in [0.05, 0.1) is 22.6 Å². The maximum Gasteiger partial charge on any atom is 0.147 e. The molecule has 1 aromatic heterocycles. The van der Waals surface area contributed by atoms with E-state index in [4.69, 9.17) is 27.9 Å². The lowest BCUT2D eigenvalue weighted by atomic mass is 10.3. The molecule has 1 aromatic carbocycles. The Bertz CT molecular complexity index is 519. The molecule has 0 aliphatic rings. The summed E-state index contributed by atoms with van der Waals surface area (Å²) in [5.41, 5.74) is 0.705. The van der Waals surface area contributed by atoms with Crippen LogP contribution in [0.15, 0.2) is 35.1 Å². The lowest BCUT2D eigenvalue weighted by Crippen LogP contribution is -1.99. The molecule has 0 saturated carbocycles. The number of aromatic nitrogens is 2. The third-order valence-electron chi connectivity index (χ3n) is 1.94. The van der Waals surface area contributed by atoms with Crippen LogP contribution in [-0.2, 0) is 6.61 Å². The standard InChI is InChI=1S/C11H7BrCl2N2O/c12-9-3-7(13)1-2-10(9)17-6-8-4-16-11(14)5-15-8/h1-5H,6H2. The summed E-state index contributed by atoms with van der Waals surface area (Å²) in [7, 11) is 0. The van der Waals surface area contributed by atoms with Crippen LogP contribution in [0.25, 0.3) is 0 Å². The molecule has 17 heavy (non-hydrogen) atoms. The van der Waals surface area contributed by atoms with Crippen LogP contribution in [0.4, 0.5) is 0 Å². The minimum Gasteiger partial charge on any atom is -0.486 e. The lowest BCUT2D eigenvalue weighted by molar-refractivity contribution is 0.299. The van der Waals surface area contributed by atoms with E-state index in [-0.39, 0.29) is 0 Å². The SMILES string of the molecule is Clc1ccc(OCc2cnc(Cl)cn2)c(Br)c1. The minimum absolute atomic E-state index is 0.324. The fourth-order valence-electron chi connectivity index (χ4n) is 1.16. The number of hydrogen-bond donors (Lipinski definition) is 0. The first-order valence-corrected chi connectivity index (χ1v) is 6.24. The summed E-state index contributed by atoms with van der Waals surface area (Å²) in [6, 6.07) is 5.31. The summed E-state index contributed by atoms with van der Waals surface area (Å²) < 4.78 is 6.36. The van der Waals surface area contributed by atoms with Crippen molar-refractivity contribution in [1.82, 2.24) is 9.97 Å². The van der Waals surface area contributed by atoms with Crippen molar-refractivity contribution in [2.24, 2.45) is 0 Å². The van der Waals surface area contributed by atoms with Gasteiger partial charge in [-0.05, 0) is 34.1 Å². The van der Waals surface area contributed by atoms with Gasteiger partial charge >= 0.3 is 0 Å². The van der Waals surface area contributed by atoms with Crippen molar-refractivity contribution in [3.8, 4) is 5.75 Å².